The van der Waals surface area contributed by atoms with E-state index in [-0.39, 0.29) is 12.1 Å². The monoisotopic (exact) mass is 256 g/mol. The number of halogens is 5. The van der Waals surface area contributed by atoms with E-state index in [4.69, 9.17) is 5.73 Å². The second kappa shape index (κ2) is 4.82. The van der Waals surface area contributed by atoms with E-state index in [2.05, 4.69) is 9.72 Å². The third-order valence-corrected chi connectivity index (χ3v) is 2.00. The fourth-order valence-electron chi connectivity index (χ4n) is 1.29. The van der Waals surface area contributed by atoms with Crippen molar-refractivity contribution in [2.24, 2.45) is 5.73 Å². The van der Waals surface area contributed by atoms with Crippen molar-refractivity contribution in [2.75, 3.05) is 7.11 Å². The minimum absolute atomic E-state index is 0.162. The van der Waals surface area contributed by atoms with Gasteiger partial charge < -0.3 is 10.5 Å². The summed E-state index contributed by atoms with van der Waals surface area (Å²) in [4.78, 5) is 2.87. The van der Waals surface area contributed by atoms with Gasteiger partial charge in [-0.1, -0.05) is 0 Å². The van der Waals surface area contributed by atoms with Crippen LogP contribution in [0.4, 0.5) is 22.0 Å². The van der Waals surface area contributed by atoms with Crippen molar-refractivity contribution in [3.05, 3.63) is 23.0 Å². The van der Waals surface area contributed by atoms with E-state index in [9.17, 15) is 22.0 Å². The van der Waals surface area contributed by atoms with Gasteiger partial charge in [-0.25, -0.2) is 13.8 Å². The number of hydrogen-bond acceptors (Lipinski definition) is 3. The Morgan fingerprint density at radius 2 is 2.00 bits per heavy atom. The van der Waals surface area contributed by atoms with Gasteiger partial charge in [-0.05, 0) is 6.07 Å². The fraction of sp³-hybridized carbons (Fsp3) is 0.444. The standard InChI is InChI=1S/C9H9F5N2O/c1-17-7-4(3-15)2-5(9(12,13)14)16-6(7)8(10)11/h2,8H,3,15H2,1H3. The van der Waals surface area contributed by atoms with Crippen molar-refractivity contribution >= 4 is 0 Å². The van der Waals surface area contributed by atoms with Crippen LogP contribution >= 0.6 is 0 Å². The number of nitrogens with two attached hydrogens (primary N) is 1. The highest BCUT2D eigenvalue weighted by molar-refractivity contribution is 5.40. The molecule has 0 amide bonds. The largest absolute Gasteiger partial charge is 0.494 e. The van der Waals surface area contributed by atoms with Crippen LogP contribution in [0.5, 0.6) is 5.75 Å². The first-order valence-corrected chi connectivity index (χ1v) is 4.44. The summed E-state index contributed by atoms with van der Waals surface area (Å²) in [7, 11) is 1.06. The first-order chi connectivity index (χ1) is 7.81. The van der Waals surface area contributed by atoms with Crippen LogP contribution in [0.2, 0.25) is 0 Å². The zero-order chi connectivity index (χ0) is 13.2. The van der Waals surface area contributed by atoms with Crippen LogP contribution in [0.3, 0.4) is 0 Å². The molecule has 0 aliphatic rings. The lowest BCUT2D eigenvalue weighted by molar-refractivity contribution is -0.141. The van der Waals surface area contributed by atoms with Crippen LogP contribution in [-0.4, -0.2) is 12.1 Å². The maximum Gasteiger partial charge on any atom is 0.433 e. The molecule has 1 heterocycles. The van der Waals surface area contributed by atoms with Crippen molar-refractivity contribution < 1.29 is 26.7 Å². The Balaban J connectivity index is 3.46. The molecule has 0 radical (unpaired) electrons. The Bertz CT molecular complexity index is 405. The molecule has 0 atom stereocenters. The molecule has 0 spiro atoms. The molecule has 0 aromatic carbocycles. The van der Waals surface area contributed by atoms with Crippen LogP contribution in [0.15, 0.2) is 6.07 Å². The van der Waals surface area contributed by atoms with E-state index < -0.39 is 29.7 Å². The zero-order valence-electron chi connectivity index (χ0n) is 8.68. The highest BCUT2D eigenvalue weighted by Gasteiger charge is 2.35. The summed E-state index contributed by atoms with van der Waals surface area (Å²) in [6.45, 7) is -0.353. The van der Waals surface area contributed by atoms with Crippen LogP contribution in [0, 0.1) is 0 Å². The highest BCUT2D eigenvalue weighted by Crippen LogP contribution is 2.36. The Kier molecular flexibility index (Phi) is 3.87. The smallest absolute Gasteiger partial charge is 0.433 e. The van der Waals surface area contributed by atoms with Gasteiger partial charge in [0.2, 0.25) is 0 Å². The molecule has 1 rings (SSSR count). The van der Waals surface area contributed by atoms with Crippen molar-refractivity contribution in [3.8, 4) is 5.75 Å². The van der Waals surface area contributed by atoms with Crippen molar-refractivity contribution in [2.45, 2.75) is 19.1 Å². The van der Waals surface area contributed by atoms with E-state index in [0.29, 0.717) is 6.07 Å². The van der Waals surface area contributed by atoms with Gasteiger partial charge in [-0.15, -0.1) is 0 Å². The lowest BCUT2D eigenvalue weighted by atomic mass is 10.1. The van der Waals surface area contributed by atoms with E-state index in [0.717, 1.165) is 7.11 Å². The minimum Gasteiger partial charge on any atom is -0.494 e. The number of nitrogens with zero attached hydrogens (tertiary/aromatic N) is 1. The van der Waals surface area contributed by atoms with Gasteiger partial charge in [-0.3, -0.25) is 0 Å². The van der Waals surface area contributed by atoms with E-state index in [1.54, 1.807) is 0 Å². The zero-order valence-corrected chi connectivity index (χ0v) is 8.68. The van der Waals surface area contributed by atoms with E-state index in [1.165, 1.54) is 0 Å². The predicted octanol–water partition coefficient (Wildman–Crippen LogP) is 2.51. The van der Waals surface area contributed by atoms with Crippen LogP contribution < -0.4 is 10.5 Å². The van der Waals surface area contributed by atoms with Gasteiger partial charge >= 0.3 is 6.18 Å². The average molecular weight is 256 g/mol. The van der Waals surface area contributed by atoms with Crippen LogP contribution in [0.25, 0.3) is 0 Å². The van der Waals surface area contributed by atoms with Gasteiger partial charge in [-0.2, -0.15) is 13.2 Å². The van der Waals surface area contributed by atoms with Gasteiger partial charge in [0, 0.05) is 12.1 Å². The lowest BCUT2D eigenvalue weighted by Crippen LogP contribution is -2.14. The molecule has 0 bridgehead atoms. The van der Waals surface area contributed by atoms with Gasteiger partial charge in [0.15, 0.2) is 5.75 Å². The fourth-order valence-corrected chi connectivity index (χ4v) is 1.29. The topological polar surface area (TPSA) is 48.1 Å². The summed E-state index contributed by atoms with van der Waals surface area (Å²) in [5.74, 6) is -0.407. The molecule has 0 aliphatic heterocycles. The summed E-state index contributed by atoms with van der Waals surface area (Å²) in [6.07, 6.45) is -7.97. The maximum atomic E-state index is 12.5. The summed E-state index contributed by atoms with van der Waals surface area (Å²) in [5.41, 5.74) is 2.56. The summed E-state index contributed by atoms with van der Waals surface area (Å²) in [5, 5.41) is 0. The molecule has 0 fully saturated rings. The molecule has 3 nitrogen and oxygen atoms in total. The quantitative estimate of drug-likeness (QED) is 0.845. The van der Waals surface area contributed by atoms with Crippen molar-refractivity contribution in [1.82, 2.24) is 4.98 Å². The predicted molar refractivity (Wildman–Crippen MR) is 48.6 cm³/mol. The first-order valence-electron chi connectivity index (χ1n) is 4.44. The van der Waals surface area contributed by atoms with E-state index in [1.807, 2.05) is 0 Å². The van der Waals surface area contributed by atoms with Crippen molar-refractivity contribution in [1.29, 1.82) is 0 Å². The third kappa shape index (κ3) is 2.82. The molecule has 1 aromatic heterocycles. The lowest BCUT2D eigenvalue weighted by Gasteiger charge is -2.14. The highest BCUT2D eigenvalue weighted by atomic mass is 19.4. The van der Waals surface area contributed by atoms with Crippen LogP contribution in [0.1, 0.15) is 23.4 Å². The Morgan fingerprint density at radius 1 is 1.41 bits per heavy atom. The van der Waals surface area contributed by atoms with Gasteiger partial charge in [0.25, 0.3) is 6.43 Å². The number of pyridine rings is 1. The average Bonchev–Trinajstić information content (AvgIpc) is 2.25. The number of alkyl halides is 5. The molecule has 0 saturated carbocycles. The molecule has 96 valence electrons. The number of ether oxygens (including phenoxy) is 1. The molecule has 8 heteroatoms. The molecule has 0 unspecified atom stereocenters. The number of rotatable bonds is 3. The summed E-state index contributed by atoms with van der Waals surface area (Å²) in [6, 6.07) is 0.602. The SMILES string of the molecule is COc1c(CN)cc(C(F)(F)F)nc1C(F)F. The van der Waals surface area contributed by atoms with E-state index >= 15 is 0 Å². The molecule has 17 heavy (non-hydrogen) atoms. The number of aromatic nitrogens is 1. The maximum absolute atomic E-state index is 12.5. The van der Waals surface area contributed by atoms with Gasteiger partial charge in [0.05, 0.1) is 7.11 Å². The molecule has 2 N–H and O–H groups in total. The van der Waals surface area contributed by atoms with Crippen LogP contribution in [-0.2, 0) is 12.7 Å². The summed E-state index contributed by atoms with van der Waals surface area (Å²) >= 11 is 0. The first kappa shape index (κ1) is 13.6. The van der Waals surface area contributed by atoms with Crippen molar-refractivity contribution in [3.63, 3.8) is 0 Å². The Hall–Kier alpha value is -1.44. The normalized spacial score (nSPS) is 12.0. The number of hydrogen-bond donors (Lipinski definition) is 1. The molecular formula is C9H9F5N2O. The Morgan fingerprint density at radius 3 is 2.35 bits per heavy atom. The molecular weight excluding hydrogens is 247 g/mol. The Labute approximate surface area is 93.4 Å². The molecule has 0 aliphatic carbocycles. The number of methoxy groups -OCH3 is 1. The second-order valence-electron chi connectivity index (χ2n) is 3.09. The second-order valence-corrected chi connectivity index (χ2v) is 3.09. The minimum atomic E-state index is -4.81. The third-order valence-electron chi connectivity index (χ3n) is 2.00. The van der Waals surface area contributed by atoms with Gasteiger partial charge in [0.1, 0.15) is 11.4 Å². The molecule has 0 saturated heterocycles. The molecule has 1 aromatic rings. The summed E-state index contributed by atoms with van der Waals surface area (Å²) < 4.78 is 66.9.